The zero-order valence-electron chi connectivity index (χ0n) is 8.94. The predicted octanol–water partition coefficient (Wildman–Crippen LogP) is -1.27. The Morgan fingerprint density at radius 1 is 1.50 bits per heavy atom. The number of nitrogens with zero attached hydrogens (tertiary/aromatic N) is 3. The number of nitrogens with one attached hydrogen (secondary N) is 2. The summed E-state index contributed by atoms with van der Waals surface area (Å²) in [7, 11) is 1.55. The summed E-state index contributed by atoms with van der Waals surface area (Å²) in [5.74, 6) is 5.43. The predicted molar refractivity (Wildman–Crippen MR) is 59.1 cm³/mol. The summed E-state index contributed by atoms with van der Waals surface area (Å²) in [6.45, 7) is 2.04. The van der Waals surface area contributed by atoms with Gasteiger partial charge in [0.2, 0.25) is 5.95 Å². The lowest BCUT2D eigenvalue weighted by Gasteiger charge is -2.03. The molecule has 0 aliphatic heterocycles. The topological polar surface area (TPSA) is 111 Å². The van der Waals surface area contributed by atoms with Crippen molar-refractivity contribution in [2.45, 2.75) is 13.5 Å². The van der Waals surface area contributed by atoms with Crippen LogP contribution in [0.1, 0.15) is 6.92 Å². The first-order valence-electron chi connectivity index (χ1n) is 4.76. The molecule has 8 nitrogen and oxygen atoms in total. The number of hydrazine groups is 1. The van der Waals surface area contributed by atoms with Crippen molar-refractivity contribution in [3.8, 4) is 0 Å². The molecule has 2 aromatic rings. The first-order valence-corrected chi connectivity index (χ1v) is 4.76. The monoisotopic (exact) mass is 224 g/mol. The van der Waals surface area contributed by atoms with Gasteiger partial charge in [-0.25, -0.2) is 10.6 Å². The van der Waals surface area contributed by atoms with Gasteiger partial charge in [-0.2, -0.15) is 4.98 Å². The van der Waals surface area contributed by atoms with Gasteiger partial charge in [0.25, 0.3) is 5.56 Å². The van der Waals surface area contributed by atoms with Crippen LogP contribution in [0, 0.1) is 0 Å². The highest BCUT2D eigenvalue weighted by molar-refractivity contribution is 5.72. The summed E-state index contributed by atoms with van der Waals surface area (Å²) in [5, 5.41) is 0. The molecule has 0 unspecified atom stereocenters. The normalized spacial score (nSPS) is 10.9. The van der Waals surface area contributed by atoms with E-state index in [1.54, 1.807) is 14.0 Å². The number of aromatic amines is 1. The minimum Gasteiger partial charge on any atom is -0.317 e. The Kier molecular flexibility index (Phi) is 2.27. The number of hydrogen-bond acceptors (Lipinski definition) is 5. The lowest BCUT2D eigenvalue weighted by Crippen LogP contribution is -2.38. The van der Waals surface area contributed by atoms with Crippen molar-refractivity contribution in [1.29, 1.82) is 0 Å². The second-order valence-electron chi connectivity index (χ2n) is 3.32. The molecule has 0 aromatic carbocycles. The summed E-state index contributed by atoms with van der Waals surface area (Å²) in [5.41, 5.74) is 2.06. The zero-order valence-corrected chi connectivity index (χ0v) is 8.94. The number of fused-ring (bicyclic) bond motifs is 1. The van der Waals surface area contributed by atoms with Gasteiger partial charge < -0.3 is 4.98 Å². The van der Waals surface area contributed by atoms with Crippen LogP contribution in [0.2, 0.25) is 0 Å². The number of rotatable bonds is 2. The number of imidazole rings is 1. The van der Waals surface area contributed by atoms with E-state index in [0.29, 0.717) is 6.54 Å². The van der Waals surface area contributed by atoms with Crippen molar-refractivity contribution in [2.75, 3.05) is 5.43 Å². The third-order valence-electron chi connectivity index (χ3n) is 2.43. The average Bonchev–Trinajstić information content (AvgIpc) is 2.71. The summed E-state index contributed by atoms with van der Waals surface area (Å²) in [6, 6.07) is 0. The maximum atomic E-state index is 11.9. The number of nitrogens with two attached hydrogens (primary N) is 1. The molecule has 0 bridgehead atoms. The number of aromatic nitrogens is 4. The highest BCUT2D eigenvalue weighted by Crippen LogP contribution is 2.06. The van der Waals surface area contributed by atoms with Crippen LogP contribution in [-0.2, 0) is 13.6 Å². The SMILES string of the molecule is CCn1c(=O)c2[nH]c(NN)nc2n(C)c1=O. The largest absolute Gasteiger partial charge is 0.332 e. The molecule has 8 heteroatoms. The molecule has 0 radical (unpaired) electrons. The molecule has 0 fully saturated rings. The molecule has 0 amide bonds. The smallest absolute Gasteiger partial charge is 0.317 e. The number of nitrogen functional groups attached to an aromatic ring is 1. The van der Waals surface area contributed by atoms with E-state index < -0.39 is 11.2 Å². The fourth-order valence-corrected chi connectivity index (χ4v) is 1.60. The van der Waals surface area contributed by atoms with Gasteiger partial charge in [0.15, 0.2) is 11.2 Å². The van der Waals surface area contributed by atoms with Crippen LogP contribution in [-0.4, -0.2) is 19.1 Å². The Labute approximate surface area is 89.7 Å². The summed E-state index contributed by atoms with van der Waals surface area (Å²) in [6.07, 6.45) is 0. The van der Waals surface area contributed by atoms with Crippen molar-refractivity contribution >= 4 is 17.1 Å². The molecule has 0 atom stereocenters. The maximum absolute atomic E-state index is 11.9. The zero-order chi connectivity index (χ0) is 11.9. The molecule has 2 rings (SSSR count). The van der Waals surface area contributed by atoms with Crippen LogP contribution < -0.4 is 22.5 Å². The number of hydrogen-bond donors (Lipinski definition) is 3. The van der Waals surface area contributed by atoms with E-state index in [-0.39, 0.29) is 17.1 Å². The van der Waals surface area contributed by atoms with E-state index in [0.717, 1.165) is 4.57 Å². The Balaban J connectivity index is 2.99. The van der Waals surface area contributed by atoms with Crippen molar-refractivity contribution in [2.24, 2.45) is 12.9 Å². The Morgan fingerprint density at radius 2 is 2.19 bits per heavy atom. The second-order valence-corrected chi connectivity index (χ2v) is 3.32. The fourth-order valence-electron chi connectivity index (χ4n) is 1.60. The Hall–Kier alpha value is -2.09. The van der Waals surface area contributed by atoms with Gasteiger partial charge in [-0.05, 0) is 6.92 Å². The molecule has 0 spiro atoms. The van der Waals surface area contributed by atoms with Crippen LogP contribution in [0.15, 0.2) is 9.59 Å². The van der Waals surface area contributed by atoms with Gasteiger partial charge in [0, 0.05) is 13.6 Å². The highest BCUT2D eigenvalue weighted by Gasteiger charge is 2.13. The first kappa shape index (κ1) is 10.4. The molecule has 2 aromatic heterocycles. The van der Waals surface area contributed by atoms with E-state index in [9.17, 15) is 9.59 Å². The summed E-state index contributed by atoms with van der Waals surface area (Å²) >= 11 is 0. The van der Waals surface area contributed by atoms with Gasteiger partial charge in [0.05, 0.1) is 0 Å². The van der Waals surface area contributed by atoms with Crippen LogP contribution >= 0.6 is 0 Å². The van der Waals surface area contributed by atoms with Crippen molar-refractivity contribution in [3.63, 3.8) is 0 Å². The molecule has 4 N–H and O–H groups in total. The minimum atomic E-state index is -0.394. The average molecular weight is 224 g/mol. The lowest BCUT2D eigenvalue weighted by molar-refractivity contribution is 0.637. The van der Waals surface area contributed by atoms with Crippen molar-refractivity contribution in [3.05, 3.63) is 20.8 Å². The minimum absolute atomic E-state index is 0.246. The standard InChI is InChI=1S/C8H12N6O2/c1-3-14-6(15)4-5(13(2)8(14)16)11-7(10-4)12-9/h3,9H2,1-2H3,(H2,10,11,12). The van der Waals surface area contributed by atoms with E-state index in [4.69, 9.17) is 5.84 Å². The van der Waals surface area contributed by atoms with Crippen molar-refractivity contribution < 1.29 is 0 Å². The Morgan fingerprint density at radius 3 is 2.75 bits per heavy atom. The van der Waals surface area contributed by atoms with Crippen molar-refractivity contribution in [1.82, 2.24) is 19.1 Å². The fraction of sp³-hybridized carbons (Fsp3) is 0.375. The molecule has 0 aliphatic rings. The van der Waals surface area contributed by atoms with Gasteiger partial charge in [-0.1, -0.05) is 0 Å². The van der Waals surface area contributed by atoms with Gasteiger partial charge in [-0.15, -0.1) is 0 Å². The molecule has 0 saturated carbocycles. The molecular formula is C8H12N6O2. The molecule has 86 valence electrons. The Bertz CT molecular complexity index is 649. The number of anilines is 1. The van der Waals surface area contributed by atoms with Crippen LogP contribution in [0.5, 0.6) is 0 Å². The van der Waals surface area contributed by atoms with E-state index >= 15 is 0 Å². The van der Waals surface area contributed by atoms with Crippen LogP contribution in [0.25, 0.3) is 11.2 Å². The summed E-state index contributed by atoms with van der Waals surface area (Å²) in [4.78, 5) is 30.3. The summed E-state index contributed by atoms with van der Waals surface area (Å²) < 4.78 is 2.43. The molecule has 0 saturated heterocycles. The molecule has 16 heavy (non-hydrogen) atoms. The van der Waals surface area contributed by atoms with Gasteiger partial charge in [0.1, 0.15) is 0 Å². The van der Waals surface area contributed by atoms with E-state index in [1.807, 2.05) is 0 Å². The molecule has 0 aliphatic carbocycles. The van der Waals surface area contributed by atoms with E-state index in [2.05, 4.69) is 15.4 Å². The van der Waals surface area contributed by atoms with Crippen LogP contribution in [0.3, 0.4) is 0 Å². The molecule has 2 heterocycles. The third-order valence-corrected chi connectivity index (χ3v) is 2.43. The second kappa shape index (κ2) is 3.49. The van der Waals surface area contributed by atoms with Crippen LogP contribution in [0.4, 0.5) is 5.95 Å². The maximum Gasteiger partial charge on any atom is 0.332 e. The quantitative estimate of drug-likeness (QED) is 0.435. The third kappa shape index (κ3) is 1.23. The first-order chi connectivity index (χ1) is 7.60. The van der Waals surface area contributed by atoms with Gasteiger partial charge in [-0.3, -0.25) is 19.4 Å². The number of aryl methyl sites for hydroxylation is 1. The lowest BCUT2D eigenvalue weighted by atomic mass is 10.5. The van der Waals surface area contributed by atoms with E-state index in [1.165, 1.54) is 4.57 Å². The molecular weight excluding hydrogens is 212 g/mol. The van der Waals surface area contributed by atoms with Gasteiger partial charge >= 0.3 is 5.69 Å². The highest BCUT2D eigenvalue weighted by atomic mass is 16.2. The number of H-pyrrole nitrogens is 1.